The SMILES string of the molecule is CCOc1cncc([C@@H](CN2CCN(CCCc3cccc(NCc4ccc(OC)cc4)n3)C2=O)C(=O)O)c1. The van der Waals surface area contributed by atoms with E-state index >= 15 is 0 Å². The summed E-state index contributed by atoms with van der Waals surface area (Å²) in [6, 6.07) is 15.3. The van der Waals surface area contributed by atoms with Crippen LogP contribution in [0, 0.1) is 0 Å². The lowest BCUT2D eigenvalue weighted by Crippen LogP contribution is -2.36. The molecule has 1 aromatic carbocycles. The van der Waals surface area contributed by atoms with Gasteiger partial charge in [-0.3, -0.25) is 9.78 Å². The number of rotatable bonds is 14. The minimum atomic E-state index is -0.997. The number of carboxylic acid groups (broad SMARTS) is 1. The first-order valence-corrected chi connectivity index (χ1v) is 13.1. The van der Waals surface area contributed by atoms with Crippen LogP contribution >= 0.6 is 0 Å². The summed E-state index contributed by atoms with van der Waals surface area (Å²) in [5, 5.41) is 13.2. The van der Waals surface area contributed by atoms with Crippen LogP contribution in [-0.2, 0) is 17.8 Å². The van der Waals surface area contributed by atoms with Crippen LogP contribution < -0.4 is 14.8 Å². The number of hydrogen-bond acceptors (Lipinski definition) is 7. The first kappa shape index (κ1) is 27.7. The first-order valence-electron chi connectivity index (χ1n) is 13.1. The van der Waals surface area contributed by atoms with Gasteiger partial charge in [-0.25, -0.2) is 9.78 Å². The van der Waals surface area contributed by atoms with Crippen molar-refractivity contribution in [2.45, 2.75) is 32.2 Å². The molecule has 0 aliphatic carbocycles. The van der Waals surface area contributed by atoms with Crippen molar-refractivity contribution in [3.63, 3.8) is 0 Å². The van der Waals surface area contributed by atoms with Crippen molar-refractivity contribution in [1.29, 1.82) is 0 Å². The topological polar surface area (TPSA) is 117 Å². The van der Waals surface area contributed by atoms with E-state index in [0.29, 0.717) is 44.1 Å². The van der Waals surface area contributed by atoms with E-state index in [1.165, 1.54) is 6.20 Å². The zero-order valence-corrected chi connectivity index (χ0v) is 22.4. The number of aryl methyl sites for hydroxylation is 1. The minimum Gasteiger partial charge on any atom is -0.497 e. The molecule has 2 N–H and O–H groups in total. The number of benzene rings is 1. The number of carbonyl (C=O) groups excluding carboxylic acids is 1. The summed E-state index contributed by atoms with van der Waals surface area (Å²) >= 11 is 0. The van der Waals surface area contributed by atoms with Crippen LogP contribution in [0.5, 0.6) is 11.5 Å². The van der Waals surface area contributed by atoms with Gasteiger partial charge in [0.2, 0.25) is 0 Å². The number of anilines is 1. The molecule has 206 valence electrons. The summed E-state index contributed by atoms with van der Waals surface area (Å²) in [6.45, 7) is 4.70. The lowest BCUT2D eigenvalue weighted by molar-refractivity contribution is -0.139. The molecule has 1 saturated heterocycles. The van der Waals surface area contributed by atoms with E-state index in [0.717, 1.165) is 35.7 Å². The number of nitrogens with zero attached hydrogens (tertiary/aromatic N) is 4. The standard InChI is InChI=1S/C29H35N5O5/c1-3-39-25-16-22(18-30-19-25)26(28(35)36)20-34-15-14-33(29(34)37)13-5-7-23-6-4-8-27(32-23)31-17-21-9-11-24(38-2)12-10-21/h4,6,8-12,16,18-19,26H,3,5,7,13-15,17,20H2,1-2H3,(H,31,32)(H,35,36)/t26-/m1/s1. The van der Waals surface area contributed by atoms with Crippen molar-refractivity contribution < 1.29 is 24.2 Å². The second-order valence-electron chi connectivity index (χ2n) is 9.31. The van der Waals surface area contributed by atoms with Gasteiger partial charge < -0.3 is 29.7 Å². The Morgan fingerprint density at radius 3 is 2.64 bits per heavy atom. The molecule has 4 rings (SSSR count). The molecule has 1 fully saturated rings. The molecular formula is C29H35N5O5. The van der Waals surface area contributed by atoms with Crippen LogP contribution in [-0.4, -0.2) is 76.8 Å². The maximum absolute atomic E-state index is 13.0. The molecule has 1 aliphatic rings. The quantitative estimate of drug-likeness (QED) is 0.319. The molecule has 39 heavy (non-hydrogen) atoms. The highest BCUT2D eigenvalue weighted by atomic mass is 16.5. The van der Waals surface area contributed by atoms with Gasteiger partial charge in [-0.05, 0) is 61.2 Å². The number of ether oxygens (including phenoxy) is 2. The van der Waals surface area contributed by atoms with Crippen molar-refractivity contribution in [2.24, 2.45) is 0 Å². The molecular weight excluding hydrogens is 498 g/mol. The summed E-state index contributed by atoms with van der Waals surface area (Å²) < 4.78 is 10.7. The molecule has 1 atom stereocenters. The number of carboxylic acids is 1. The molecule has 0 unspecified atom stereocenters. The van der Waals surface area contributed by atoms with E-state index in [1.54, 1.807) is 29.2 Å². The third-order valence-electron chi connectivity index (χ3n) is 6.63. The third-order valence-corrected chi connectivity index (χ3v) is 6.63. The fourth-order valence-electron chi connectivity index (χ4n) is 4.53. The van der Waals surface area contributed by atoms with Crippen LogP contribution in [0.4, 0.5) is 10.6 Å². The summed E-state index contributed by atoms with van der Waals surface area (Å²) in [6.07, 6.45) is 4.56. The molecule has 10 heteroatoms. The number of hydrogen-bond donors (Lipinski definition) is 2. The van der Waals surface area contributed by atoms with Gasteiger partial charge in [0.1, 0.15) is 23.2 Å². The van der Waals surface area contributed by atoms with E-state index in [4.69, 9.17) is 14.5 Å². The summed E-state index contributed by atoms with van der Waals surface area (Å²) in [4.78, 5) is 37.2. The van der Waals surface area contributed by atoms with Crippen molar-refractivity contribution >= 4 is 17.8 Å². The Hall–Kier alpha value is -4.34. The van der Waals surface area contributed by atoms with E-state index < -0.39 is 11.9 Å². The van der Waals surface area contributed by atoms with Crippen LogP contribution in [0.25, 0.3) is 0 Å². The average Bonchev–Trinajstić information content (AvgIpc) is 3.30. The maximum Gasteiger partial charge on any atom is 0.320 e. The summed E-state index contributed by atoms with van der Waals surface area (Å²) in [7, 11) is 1.65. The summed E-state index contributed by atoms with van der Waals surface area (Å²) in [5.41, 5.74) is 2.60. The molecule has 0 radical (unpaired) electrons. The van der Waals surface area contributed by atoms with Gasteiger partial charge in [0.25, 0.3) is 0 Å². The highest BCUT2D eigenvalue weighted by molar-refractivity contribution is 5.80. The van der Waals surface area contributed by atoms with Crippen LogP contribution in [0.3, 0.4) is 0 Å². The lowest BCUT2D eigenvalue weighted by Gasteiger charge is -2.22. The van der Waals surface area contributed by atoms with Crippen LogP contribution in [0.15, 0.2) is 60.9 Å². The smallest absolute Gasteiger partial charge is 0.320 e. The predicted octanol–water partition coefficient (Wildman–Crippen LogP) is 4.03. The van der Waals surface area contributed by atoms with Gasteiger partial charge in [-0.15, -0.1) is 0 Å². The number of carbonyl (C=O) groups is 2. The molecule has 10 nitrogen and oxygen atoms in total. The highest BCUT2D eigenvalue weighted by Gasteiger charge is 2.33. The fraction of sp³-hybridized carbons (Fsp3) is 0.379. The molecule has 0 bridgehead atoms. The zero-order valence-electron chi connectivity index (χ0n) is 22.4. The molecule has 3 aromatic rings. The summed E-state index contributed by atoms with van der Waals surface area (Å²) in [5.74, 6) is 0.269. The third kappa shape index (κ3) is 7.59. The van der Waals surface area contributed by atoms with E-state index in [2.05, 4.69) is 10.3 Å². The maximum atomic E-state index is 13.0. The number of urea groups is 1. The van der Waals surface area contributed by atoms with Gasteiger partial charge in [0.05, 0.1) is 19.9 Å². The molecule has 2 aromatic heterocycles. The van der Waals surface area contributed by atoms with E-state index in [1.807, 2.05) is 49.4 Å². The normalized spacial score (nSPS) is 13.8. The van der Waals surface area contributed by atoms with Crippen molar-refractivity contribution in [1.82, 2.24) is 19.8 Å². The number of methoxy groups -OCH3 is 1. The van der Waals surface area contributed by atoms with Crippen molar-refractivity contribution in [3.05, 3.63) is 77.7 Å². The van der Waals surface area contributed by atoms with Crippen LogP contribution in [0.2, 0.25) is 0 Å². The lowest BCUT2D eigenvalue weighted by atomic mass is 10.0. The van der Waals surface area contributed by atoms with Gasteiger partial charge >= 0.3 is 12.0 Å². The molecule has 3 heterocycles. The monoisotopic (exact) mass is 533 g/mol. The molecule has 2 amide bonds. The number of aromatic nitrogens is 2. The number of aliphatic carboxylic acids is 1. The Balaban J connectivity index is 1.26. The molecule has 0 saturated carbocycles. The number of amides is 2. The second-order valence-corrected chi connectivity index (χ2v) is 9.31. The van der Waals surface area contributed by atoms with E-state index in [-0.39, 0.29) is 12.6 Å². The Morgan fingerprint density at radius 2 is 1.90 bits per heavy atom. The van der Waals surface area contributed by atoms with Gasteiger partial charge in [-0.2, -0.15) is 0 Å². The highest BCUT2D eigenvalue weighted by Crippen LogP contribution is 2.23. The molecule has 1 aliphatic heterocycles. The van der Waals surface area contributed by atoms with Gasteiger partial charge in [-0.1, -0.05) is 18.2 Å². The fourth-order valence-corrected chi connectivity index (χ4v) is 4.53. The first-order chi connectivity index (χ1) is 19.0. The van der Waals surface area contributed by atoms with Gasteiger partial charge in [0.15, 0.2) is 0 Å². The second kappa shape index (κ2) is 13.5. The van der Waals surface area contributed by atoms with E-state index in [9.17, 15) is 14.7 Å². The Kier molecular flexibility index (Phi) is 9.55. The van der Waals surface area contributed by atoms with Crippen molar-refractivity contribution in [3.8, 4) is 11.5 Å². The average molecular weight is 534 g/mol. The van der Waals surface area contributed by atoms with Crippen LogP contribution in [0.1, 0.15) is 36.1 Å². The van der Waals surface area contributed by atoms with Gasteiger partial charge in [0, 0.05) is 44.6 Å². The largest absolute Gasteiger partial charge is 0.497 e. The minimum absolute atomic E-state index is 0.0887. The Bertz CT molecular complexity index is 1250. The molecule has 0 spiro atoms. The Morgan fingerprint density at radius 1 is 1.10 bits per heavy atom. The van der Waals surface area contributed by atoms with Crippen molar-refractivity contribution in [2.75, 3.05) is 45.2 Å². The Labute approximate surface area is 228 Å². The zero-order chi connectivity index (χ0) is 27.6. The number of nitrogens with one attached hydrogen (secondary N) is 1. The predicted molar refractivity (Wildman–Crippen MR) is 147 cm³/mol. The number of pyridine rings is 2.